The fraction of sp³-hybridized carbons (Fsp3) is 0.273. The van der Waals surface area contributed by atoms with Crippen LogP contribution in [-0.4, -0.2) is 33.6 Å². The number of aldehydes is 1. The smallest absolute Gasteiger partial charge is 0.179 e. The first-order valence-corrected chi connectivity index (χ1v) is 5.15. The highest BCUT2D eigenvalue weighted by Crippen LogP contribution is 2.18. The molecule has 0 spiro atoms. The van der Waals surface area contributed by atoms with Crippen molar-refractivity contribution in [3.63, 3.8) is 0 Å². The standard InChI is InChI=1S/C11H12N4O2/c1-17-11(9-5-3-2-4-6-9)15-10(7-8-16)12-13-14-15/h2-6,8,11H,7H2,1H3. The number of carbonyl (C=O) groups excluding carboxylic acids is 1. The maximum Gasteiger partial charge on any atom is 0.179 e. The van der Waals surface area contributed by atoms with Crippen molar-refractivity contribution in [2.75, 3.05) is 7.11 Å². The topological polar surface area (TPSA) is 69.9 Å². The summed E-state index contributed by atoms with van der Waals surface area (Å²) in [5, 5.41) is 11.2. The van der Waals surface area contributed by atoms with E-state index >= 15 is 0 Å². The summed E-state index contributed by atoms with van der Waals surface area (Å²) in [7, 11) is 1.57. The molecule has 6 nitrogen and oxygen atoms in total. The summed E-state index contributed by atoms with van der Waals surface area (Å²) in [6.45, 7) is 0. The summed E-state index contributed by atoms with van der Waals surface area (Å²) in [6.07, 6.45) is 0.515. The van der Waals surface area contributed by atoms with Crippen molar-refractivity contribution in [2.45, 2.75) is 12.6 Å². The van der Waals surface area contributed by atoms with Crippen molar-refractivity contribution in [3.05, 3.63) is 41.7 Å². The number of nitrogens with zero attached hydrogens (tertiary/aromatic N) is 4. The number of benzene rings is 1. The molecule has 0 aliphatic rings. The fourth-order valence-electron chi connectivity index (χ4n) is 1.60. The molecule has 0 radical (unpaired) electrons. The lowest BCUT2D eigenvalue weighted by Crippen LogP contribution is -2.17. The maximum absolute atomic E-state index is 10.5. The lowest BCUT2D eigenvalue weighted by molar-refractivity contribution is -0.107. The quantitative estimate of drug-likeness (QED) is 0.706. The van der Waals surface area contributed by atoms with Gasteiger partial charge < -0.3 is 9.53 Å². The van der Waals surface area contributed by atoms with Crippen molar-refractivity contribution < 1.29 is 9.53 Å². The molecule has 1 atom stereocenters. The average molecular weight is 232 g/mol. The Balaban J connectivity index is 2.35. The third-order valence-electron chi connectivity index (χ3n) is 2.36. The van der Waals surface area contributed by atoms with Crippen molar-refractivity contribution in [3.8, 4) is 0 Å². The summed E-state index contributed by atoms with van der Waals surface area (Å²) < 4.78 is 6.88. The first kappa shape index (κ1) is 11.4. The normalized spacial score (nSPS) is 12.3. The molecular weight excluding hydrogens is 220 g/mol. The monoisotopic (exact) mass is 232 g/mol. The van der Waals surface area contributed by atoms with E-state index in [1.807, 2.05) is 30.3 Å². The third-order valence-corrected chi connectivity index (χ3v) is 2.36. The minimum atomic E-state index is -0.416. The fourth-order valence-corrected chi connectivity index (χ4v) is 1.60. The van der Waals surface area contributed by atoms with Crippen LogP contribution in [0.4, 0.5) is 0 Å². The van der Waals surface area contributed by atoms with E-state index in [1.54, 1.807) is 7.11 Å². The zero-order chi connectivity index (χ0) is 12.1. The molecule has 0 fully saturated rings. The molecule has 6 heteroatoms. The lowest BCUT2D eigenvalue weighted by atomic mass is 10.2. The van der Waals surface area contributed by atoms with Crippen LogP contribution >= 0.6 is 0 Å². The summed E-state index contributed by atoms with van der Waals surface area (Å²) in [5.41, 5.74) is 0.925. The largest absolute Gasteiger partial charge is 0.355 e. The minimum absolute atomic E-state index is 0.166. The van der Waals surface area contributed by atoms with Crippen LogP contribution in [0.2, 0.25) is 0 Å². The number of methoxy groups -OCH3 is 1. The van der Waals surface area contributed by atoms with Crippen LogP contribution < -0.4 is 0 Å². The first-order valence-electron chi connectivity index (χ1n) is 5.15. The number of rotatable bonds is 5. The predicted octanol–water partition coefficient (Wildman–Crippen LogP) is 0.608. The molecule has 1 unspecified atom stereocenters. The third kappa shape index (κ3) is 2.36. The average Bonchev–Trinajstić information content (AvgIpc) is 2.81. The van der Waals surface area contributed by atoms with Gasteiger partial charge in [0.25, 0.3) is 0 Å². The number of tetrazole rings is 1. The Morgan fingerprint density at radius 1 is 1.41 bits per heavy atom. The summed E-state index contributed by atoms with van der Waals surface area (Å²) >= 11 is 0. The van der Waals surface area contributed by atoms with Gasteiger partial charge in [0, 0.05) is 12.7 Å². The highest BCUT2D eigenvalue weighted by atomic mass is 16.5. The molecule has 88 valence electrons. The van der Waals surface area contributed by atoms with E-state index < -0.39 is 6.23 Å². The molecule has 0 bridgehead atoms. The van der Waals surface area contributed by atoms with Crippen LogP contribution in [0.5, 0.6) is 0 Å². The van der Waals surface area contributed by atoms with Crippen LogP contribution in [0.1, 0.15) is 17.6 Å². The molecule has 0 amide bonds. The first-order chi connectivity index (χ1) is 8.36. The van der Waals surface area contributed by atoms with Gasteiger partial charge in [-0.3, -0.25) is 0 Å². The van der Waals surface area contributed by atoms with E-state index in [1.165, 1.54) is 4.68 Å². The minimum Gasteiger partial charge on any atom is -0.355 e. The number of aromatic nitrogens is 4. The molecule has 0 aliphatic carbocycles. The second kappa shape index (κ2) is 5.31. The molecule has 0 saturated carbocycles. The Morgan fingerprint density at radius 3 is 2.82 bits per heavy atom. The van der Waals surface area contributed by atoms with Gasteiger partial charge >= 0.3 is 0 Å². The summed E-state index contributed by atoms with van der Waals surface area (Å²) in [4.78, 5) is 10.5. The van der Waals surface area contributed by atoms with E-state index in [0.717, 1.165) is 11.8 Å². The maximum atomic E-state index is 10.5. The second-order valence-electron chi connectivity index (χ2n) is 3.41. The lowest BCUT2D eigenvalue weighted by Gasteiger charge is -2.16. The zero-order valence-corrected chi connectivity index (χ0v) is 9.35. The molecule has 0 saturated heterocycles. The highest BCUT2D eigenvalue weighted by molar-refractivity contribution is 5.52. The van der Waals surface area contributed by atoms with E-state index in [2.05, 4.69) is 15.5 Å². The Bertz CT molecular complexity index is 483. The SMILES string of the molecule is COC(c1ccccc1)n1nnnc1CC=O. The van der Waals surface area contributed by atoms with Crippen LogP contribution in [0.3, 0.4) is 0 Å². The molecule has 2 aromatic rings. The van der Waals surface area contributed by atoms with Crippen molar-refractivity contribution in [2.24, 2.45) is 0 Å². The molecule has 1 aromatic heterocycles. The van der Waals surface area contributed by atoms with Crippen molar-refractivity contribution in [1.29, 1.82) is 0 Å². The number of hydrogen-bond acceptors (Lipinski definition) is 5. The van der Waals surface area contributed by atoms with Gasteiger partial charge in [0.05, 0.1) is 6.42 Å². The predicted molar refractivity (Wildman–Crippen MR) is 59.2 cm³/mol. The van der Waals surface area contributed by atoms with Gasteiger partial charge in [0.15, 0.2) is 12.1 Å². The molecule has 2 rings (SSSR count). The molecule has 1 heterocycles. The molecular formula is C11H12N4O2. The molecule has 17 heavy (non-hydrogen) atoms. The molecule has 0 N–H and O–H groups in total. The number of carbonyl (C=O) groups is 1. The van der Waals surface area contributed by atoms with Crippen LogP contribution in [0.15, 0.2) is 30.3 Å². The van der Waals surface area contributed by atoms with Gasteiger partial charge in [-0.1, -0.05) is 30.3 Å². The van der Waals surface area contributed by atoms with Crippen molar-refractivity contribution in [1.82, 2.24) is 20.2 Å². The van der Waals surface area contributed by atoms with E-state index in [-0.39, 0.29) is 6.42 Å². The second-order valence-corrected chi connectivity index (χ2v) is 3.41. The Hall–Kier alpha value is -2.08. The van der Waals surface area contributed by atoms with Gasteiger partial charge in [0.1, 0.15) is 6.29 Å². The molecule has 0 aliphatic heterocycles. The van der Waals surface area contributed by atoms with Gasteiger partial charge in [0.2, 0.25) is 0 Å². The van der Waals surface area contributed by atoms with Gasteiger partial charge in [-0.25, -0.2) is 0 Å². The van der Waals surface area contributed by atoms with Gasteiger partial charge in [-0.05, 0) is 10.4 Å². The zero-order valence-electron chi connectivity index (χ0n) is 9.35. The van der Waals surface area contributed by atoms with E-state index in [0.29, 0.717) is 5.82 Å². The highest BCUT2D eigenvalue weighted by Gasteiger charge is 2.17. The number of hydrogen-bond donors (Lipinski definition) is 0. The summed E-state index contributed by atoms with van der Waals surface area (Å²) in [5.74, 6) is 0.482. The van der Waals surface area contributed by atoms with Gasteiger partial charge in [-0.15, -0.1) is 5.10 Å². The number of ether oxygens (including phenoxy) is 1. The van der Waals surface area contributed by atoms with Gasteiger partial charge in [-0.2, -0.15) is 4.68 Å². The Kier molecular flexibility index (Phi) is 3.56. The van der Waals surface area contributed by atoms with Crippen LogP contribution in [0, 0.1) is 0 Å². The Morgan fingerprint density at radius 2 is 2.18 bits per heavy atom. The van der Waals surface area contributed by atoms with Crippen LogP contribution in [-0.2, 0) is 16.0 Å². The summed E-state index contributed by atoms with van der Waals surface area (Å²) in [6, 6.07) is 9.57. The van der Waals surface area contributed by atoms with E-state index in [4.69, 9.17) is 4.74 Å². The van der Waals surface area contributed by atoms with Crippen LogP contribution in [0.25, 0.3) is 0 Å². The Labute approximate surface area is 98.2 Å². The van der Waals surface area contributed by atoms with Crippen molar-refractivity contribution >= 4 is 6.29 Å². The molecule has 1 aromatic carbocycles. The van der Waals surface area contributed by atoms with E-state index in [9.17, 15) is 4.79 Å².